The number of allylic oxidation sites excluding steroid dienone is 1. The van der Waals surface area contributed by atoms with Crippen LogP contribution in [0.25, 0.3) is 0 Å². The quantitative estimate of drug-likeness (QED) is 0.629. The van der Waals surface area contributed by atoms with Crippen LogP contribution in [0.15, 0.2) is 11.6 Å². The van der Waals surface area contributed by atoms with Crippen molar-refractivity contribution < 1.29 is 15.0 Å². The zero-order chi connectivity index (χ0) is 10.3. The molecule has 0 spiro atoms. The second-order valence-corrected chi connectivity index (χ2v) is 4.37. The van der Waals surface area contributed by atoms with Crippen molar-refractivity contribution in [1.29, 1.82) is 0 Å². The first-order chi connectivity index (χ1) is 5.83. The molecule has 1 atom stereocenters. The van der Waals surface area contributed by atoms with Gasteiger partial charge in [-0.05, 0) is 18.6 Å². The van der Waals surface area contributed by atoms with Crippen LogP contribution in [0.4, 0.5) is 0 Å². The Labute approximate surface area is 78.1 Å². The van der Waals surface area contributed by atoms with Crippen molar-refractivity contribution in [2.45, 2.75) is 32.8 Å². The van der Waals surface area contributed by atoms with E-state index in [2.05, 4.69) is 0 Å². The van der Waals surface area contributed by atoms with Crippen molar-refractivity contribution in [1.82, 2.24) is 0 Å². The molecule has 1 unspecified atom stereocenters. The molecule has 0 fully saturated rings. The molecule has 1 aliphatic carbocycles. The van der Waals surface area contributed by atoms with E-state index in [1.165, 1.54) is 6.08 Å². The molecular formula is C10H16O3. The Morgan fingerprint density at radius 1 is 1.54 bits per heavy atom. The molecule has 0 radical (unpaired) electrons. The predicted octanol–water partition coefficient (Wildman–Crippen LogP) is 0.655. The van der Waals surface area contributed by atoms with Gasteiger partial charge in [0, 0.05) is 11.8 Å². The van der Waals surface area contributed by atoms with E-state index >= 15 is 0 Å². The minimum absolute atomic E-state index is 0.0145. The molecule has 0 saturated carbocycles. The van der Waals surface area contributed by atoms with Crippen LogP contribution in [0.2, 0.25) is 0 Å². The van der Waals surface area contributed by atoms with E-state index in [0.29, 0.717) is 5.57 Å². The molecule has 0 aromatic heterocycles. The van der Waals surface area contributed by atoms with Crippen LogP contribution in [0, 0.1) is 5.41 Å². The Balaban J connectivity index is 3.18. The normalized spacial score (nSPS) is 33.0. The van der Waals surface area contributed by atoms with E-state index in [0.717, 1.165) is 0 Å². The van der Waals surface area contributed by atoms with E-state index < -0.39 is 11.0 Å². The first-order valence-corrected chi connectivity index (χ1v) is 4.38. The standard InChI is InChI=1S/C10H16O3/c1-7-4-8(12)5-9(2,3)10(7,13)6-11/h4,11,13H,5-6H2,1-3H3. The predicted molar refractivity (Wildman–Crippen MR) is 49.2 cm³/mol. The summed E-state index contributed by atoms with van der Waals surface area (Å²) in [6, 6.07) is 0. The molecular weight excluding hydrogens is 168 g/mol. The number of carbonyl (C=O) groups is 1. The molecule has 1 rings (SSSR count). The molecule has 0 aromatic rings. The van der Waals surface area contributed by atoms with Gasteiger partial charge in [0.15, 0.2) is 5.78 Å². The zero-order valence-corrected chi connectivity index (χ0v) is 8.29. The summed E-state index contributed by atoms with van der Waals surface area (Å²) in [6.07, 6.45) is 1.70. The number of aliphatic hydroxyl groups is 2. The minimum Gasteiger partial charge on any atom is -0.393 e. The lowest BCUT2D eigenvalue weighted by molar-refractivity contribution is -0.127. The molecule has 74 valence electrons. The molecule has 3 nitrogen and oxygen atoms in total. The van der Waals surface area contributed by atoms with Crippen LogP contribution in [0.1, 0.15) is 27.2 Å². The summed E-state index contributed by atoms with van der Waals surface area (Å²) in [5.74, 6) is 0.0145. The lowest BCUT2D eigenvalue weighted by Gasteiger charge is -2.44. The molecule has 0 aromatic carbocycles. The molecule has 3 heteroatoms. The van der Waals surface area contributed by atoms with Crippen molar-refractivity contribution >= 4 is 5.78 Å². The number of aliphatic hydroxyl groups excluding tert-OH is 1. The largest absolute Gasteiger partial charge is 0.393 e. The van der Waals surface area contributed by atoms with Crippen molar-refractivity contribution in [3.63, 3.8) is 0 Å². The summed E-state index contributed by atoms with van der Waals surface area (Å²) in [5.41, 5.74) is -1.28. The summed E-state index contributed by atoms with van der Waals surface area (Å²) in [4.78, 5) is 11.2. The van der Waals surface area contributed by atoms with Gasteiger partial charge >= 0.3 is 0 Å². The fourth-order valence-corrected chi connectivity index (χ4v) is 1.87. The maximum absolute atomic E-state index is 11.2. The maximum Gasteiger partial charge on any atom is 0.156 e. The number of hydrogen-bond donors (Lipinski definition) is 2. The molecule has 0 saturated heterocycles. The van der Waals surface area contributed by atoms with Crippen LogP contribution in [-0.4, -0.2) is 28.2 Å². The summed E-state index contributed by atoms with van der Waals surface area (Å²) in [5, 5.41) is 19.3. The zero-order valence-electron chi connectivity index (χ0n) is 8.29. The van der Waals surface area contributed by atoms with Crippen LogP contribution in [0.3, 0.4) is 0 Å². The Morgan fingerprint density at radius 3 is 2.46 bits per heavy atom. The van der Waals surface area contributed by atoms with E-state index in [9.17, 15) is 9.90 Å². The number of rotatable bonds is 1. The second kappa shape index (κ2) is 2.93. The van der Waals surface area contributed by atoms with Gasteiger partial charge in [-0.2, -0.15) is 0 Å². The Kier molecular flexibility index (Phi) is 2.34. The lowest BCUT2D eigenvalue weighted by Crippen LogP contribution is -2.52. The summed E-state index contributed by atoms with van der Waals surface area (Å²) in [7, 11) is 0. The fourth-order valence-electron chi connectivity index (χ4n) is 1.87. The average Bonchev–Trinajstić information content (AvgIpc) is 1.98. The summed E-state index contributed by atoms with van der Waals surface area (Å²) < 4.78 is 0. The topological polar surface area (TPSA) is 57.5 Å². The van der Waals surface area contributed by atoms with Gasteiger partial charge in [0.2, 0.25) is 0 Å². The van der Waals surface area contributed by atoms with Crippen molar-refractivity contribution in [3.8, 4) is 0 Å². The maximum atomic E-state index is 11.2. The van der Waals surface area contributed by atoms with Gasteiger partial charge in [-0.1, -0.05) is 13.8 Å². The Hall–Kier alpha value is -0.670. The third-order valence-electron chi connectivity index (χ3n) is 2.99. The van der Waals surface area contributed by atoms with E-state index in [-0.39, 0.29) is 18.8 Å². The second-order valence-electron chi connectivity index (χ2n) is 4.37. The molecule has 0 aliphatic heterocycles. The van der Waals surface area contributed by atoms with Crippen molar-refractivity contribution in [2.24, 2.45) is 5.41 Å². The molecule has 0 heterocycles. The molecule has 2 N–H and O–H groups in total. The summed E-state index contributed by atoms with van der Waals surface area (Å²) in [6.45, 7) is 4.92. The highest BCUT2D eigenvalue weighted by atomic mass is 16.3. The first kappa shape index (κ1) is 10.4. The Morgan fingerprint density at radius 2 is 2.08 bits per heavy atom. The van der Waals surface area contributed by atoms with Gasteiger partial charge in [-0.15, -0.1) is 0 Å². The molecule has 0 amide bonds. The number of hydrogen-bond acceptors (Lipinski definition) is 3. The average molecular weight is 184 g/mol. The van der Waals surface area contributed by atoms with E-state index in [1.807, 2.05) is 0 Å². The van der Waals surface area contributed by atoms with E-state index in [4.69, 9.17) is 5.11 Å². The number of carbonyl (C=O) groups excluding carboxylic acids is 1. The third kappa shape index (κ3) is 1.42. The van der Waals surface area contributed by atoms with Gasteiger partial charge in [0.25, 0.3) is 0 Å². The molecule has 0 bridgehead atoms. The van der Waals surface area contributed by atoms with E-state index in [1.54, 1.807) is 20.8 Å². The van der Waals surface area contributed by atoms with Crippen LogP contribution < -0.4 is 0 Å². The highest BCUT2D eigenvalue weighted by Crippen LogP contribution is 2.42. The van der Waals surface area contributed by atoms with Crippen LogP contribution in [0.5, 0.6) is 0 Å². The smallest absolute Gasteiger partial charge is 0.156 e. The highest BCUT2D eigenvalue weighted by molar-refractivity contribution is 5.92. The van der Waals surface area contributed by atoms with Gasteiger partial charge in [0.05, 0.1) is 6.61 Å². The number of ketones is 1. The van der Waals surface area contributed by atoms with Crippen molar-refractivity contribution in [3.05, 3.63) is 11.6 Å². The van der Waals surface area contributed by atoms with Crippen LogP contribution in [-0.2, 0) is 4.79 Å². The Bertz CT molecular complexity index is 265. The lowest BCUT2D eigenvalue weighted by atomic mass is 9.65. The fraction of sp³-hybridized carbons (Fsp3) is 0.700. The SMILES string of the molecule is CC1=CC(=O)CC(C)(C)C1(O)CO. The third-order valence-corrected chi connectivity index (χ3v) is 2.99. The van der Waals surface area contributed by atoms with Gasteiger partial charge < -0.3 is 10.2 Å². The molecule has 1 aliphatic rings. The van der Waals surface area contributed by atoms with Gasteiger partial charge in [-0.25, -0.2) is 0 Å². The first-order valence-electron chi connectivity index (χ1n) is 4.38. The summed E-state index contributed by atoms with van der Waals surface area (Å²) >= 11 is 0. The van der Waals surface area contributed by atoms with Crippen molar-refractivity contribution in [2.75, 3.05) is 6.61 Å². The minimum atomic E-state index is -1.25. The molecule has 13 heavy (non-hydrogen) atoms. The van der Waals surface area contributed by atoms with Crippen LogP contribution >= 0.6 is 0 Å². The highest BCUT2D eigenvalue weighted by Gasteiger charge is 2.47. The monoisotopic (exact) mass is 184 g/mol. The van der Waals surface area contributed by atoms with Gasteiger partial charge in [-0.3, -0.25) is 4.79 Å². The van der Waals surface area contributed by atoms with Gasteiger partial charge in [0.1, 0.15) is 5.60 Å².